The lowest BCUT2D eigenvalue weighted by Crippen LogP contribution is -3.01. The molecule has 1 aromatic carbocycles. The van der Waals surface area contributed by atoms with Crippen molar-refractivity contribution in [1.29, 1.82) is 0 Å². The number of carbonyl (C=O) groups excluding carboxylic acids is 1. The van der Waals surface area contributed by atoms with E-state index in [0.29, 0.717) is 5.56 Å². The first-order valence-electron chi connectivity index (χ1n) is 7.85. The first-order chi connectivity index (χ1) is 11.3. The van der Waals surface area contributed by atoms with Gasteiger partial charge in [-0.05, 0) is 55.9 Å². The number of quaternary nitrogens is 1. The number of carbonyl (C=O) groups is 2. The van der Waals surface area contributed by atoms with E-state index in [9.17, 15) is 14.7 Å². The van der Waals surface area contributed by atoms with E-state index in [4.69, 9.17) is 0 Å². The van der Waals surface area contributed by atoms with Crippen molar-refractivity contribution >= 4 is 17.4 Å². The fraction of sp³-hybridized carbons (Fsp3) is 0.200. The molecule has 0 amide bonds. The number of aromatic carboxylic acids is 1. The minimum Gasteiger partial charge on any atom is -0.478 e. The zero-order chi connectivity index (χ0) is 17.5. The largest absolute Gasteiger partial charge is 0.478 e. The van der Waals surface area contributed by atoms with Crippen molar-refractivity contribution in [2.75, 3.05) is 7.05 Å². The molecule has 0 radical (unpaired) electrons. The number of rotatable bonds is 2. The quantitative estimate of drug-likeness (QED) is 0.878. The van der Waals surface area contributed by atoms with Crippen molar-refractivity contribution < 1.29 is 19.6 Å². The fourth-order valence-corrected chi connectivity index (χ4v) is 3.37. The first kappa shape index (κ1) is 16.1. The Hall–Kier alpha value is -2.72. The van der Waals surface area contributed by atoms with Crippen molar-refractivity contribution in [3.8, 4) is 0 Å². The molecule has 1 aliphatic heterocycles. The smallest absolute Gasteiger partial charge is 0.335 e. The number of nitrogens with one attached hydrogen (secondary N) is 1. The zero-order valence-electron chi connectivity index (χ0n) is 14.0. The second kappa shape index (κ2) is 5.73. The van der Waals surface area contributed by atoms with Crippen LogP contribution in [0.1, 0.15) is 29.8 Å². The van der Waals surface area contributed by atoms with Crippen LogP contribution in [0.15, 0.2) is 65.9 Å². The lowest BCUT2D eigenvalue weighted by Gasteiger charge is -2.18. The Morgan fingerprint density at radius 3 is 2.42 bits per heavy atom. The third kappa shape index (κ3) is 2.65. The molecule has 0 aromatic heterocycles. The van der Waals surface area contributed by atoms with Gasteiger partial charge in [-0.2, -0.15) is 0 Å². The maximum absolute atomic E-state index is 11.3. The van der Waals surface area contributed by atoms with Crippen LogP contribution in [0.25, 0.3) is 0 Å². The number of likely N-dealkylation sites (N-methyl/N-ethyl adjacent to an activating group) is 1. The number of benzene rings is 1. The summed E-state index contributed by atoms with van der Waals surface area (Å²) in [4.78, 5) is 23.6. The molecule has 1 heterocycles. The molecule has 0 saturated carbocycles. The molecule has 3 rings (SSSR count). The third-order valence-corrected chi connectivity index (χ3v) is 4.74. The number of allylic oxidation sites excluding steroid dienone is 8. The second-order valence-electron chi connectivity index (χ2n) is 6.63. The minimum atomic E-state index is -0.909. The van der Waals surface area contributed by atoms with Crippen LogP contribution in [-0.4, -0.2) is 23.9 Å². The molecule has 0 fully saturated rings. The molecule has 4 nitrogen and oxygen atoms in total. The van der Waals surface area contributed by atoms with Crippen LogP contribution >= 0.6 is 0 Å². The summed E-state index contributed by atoms with van der Waals surface area (Å²) in [6.45, 7) is 4.21. The summed E-state index contributed by atoms with van der Waals surface area (Å²) in [7, 11) is 2.06. The Morgan fingerprint density at radius 1 is 1.12 bits per heavy atom. The van der Waals surface area contributed by atoms with Crippen molar-refractivity contribution in [2.45, 2.75) is 19.3 Å². The van der Waals surface area contributed by atoms with Gasteiger partial charge in [0.2, 0.25) is 0 Å². The van der Waals surface area contributed by atoms with Crippen molar-refractivity contribution in [3.63, 3.8) is 0 Å². The molecule has 24 heavy (non-hydrogen) atoms. The van der Waals surface area contributed by atoms with Crippen LogP contribution in [0.5, 0.6) is 0 Å². The lowest BCUT2D eigenvalue weighted by molar-refractivity contribution is -0.764. The Kier molecular flexibility index (Phi) is 3.85. The maximum Gasteiger partial charge on any atom is 0.335 e. The predicted octanol–water partition coefficient (Wildman–Crippen LogP) is 2.33. The van der Waals surface area contributed by atoms with Crippen LogP contribution in [0, 0.1) is 0 Å². The van der Waals surface area contributed by atoms with E-state index >= 15 is 0 Å². The van der Waals surface area contributed by atoms with Crippen molar-refractivity contribution in [3.05, 3.63) is 77.1 Å². The van der Waals surface area contributed by atoms with E-state index in [1.165, 1.54) is 0 Å². The summed E-state index contributed by atoms with van der Waals surface area (Å²) in [5.41, 5.74) is 4.30. The molecule has 1 aliphatic carbocycles. The summed E-state index contributed by atoms with van der Waals surface area (Å²) in [6, 6.07) is 5.32. The summed E-state index contributed by atoms with van der Waals surface area (Å²) in [6.07, 6.45) is 10.8. The maximum atomic E-state index is 11.3. The van der Waals surface area contributed by atoms with E-state index in [0.717, 1.165) is 27.4 Å². The highest BCUT2D eigenvalue weighted by atomic mass is 16.4. The van der Waals surface area contributed by atoms with Gasteiger partial charge in [0.1, 0.15) is 11.4 Å². The van der Waals surface area contributed by atoms with Gasteiger partial charge < -0.3 is 5.11 Å². The number of carboxylic acids is 1. The number of ketones is 1. The molecule has 0 spiro atoms. The number of fused-ring (bicyclic) bond motifs is 1. The molecule has 2 aliphatic rings. The summed E-state index contributed by atoms with van der Waals surface area (Å²) >= 11 is 0. The molecule has 1 aromatic rings. The molecule has 122 valence electrons. The number of hydrogen-bond donors (Lipinski definition) is 2. The topological polar surface area (TPSA) is 58.8 Å². The zero-order valence-corrected chi connectivity index (χ0v) is 14.0. The summed E-state index contributed by atoms with van der Waals surface area (Å²) in [5.74, 6) is -0.912. The molecule has 4 heteroatoms. The van der Waals surface area contributed by atoms with Crippen LogP contribution in [0.3, 0.4) is 0 Å². The predicted molar refractivity (Wildman–Crippen MR) is 92.4 cm³/mol. The van der Waals surface area contributed by atoms with Gasteiger partial charge in [0.05, 0.1) is 18.0 Å². The molecule has 0 saturated heterocycles. The minimum absolute atomic E-state index is 0.00246. The van der Waals surface area contributed by atoms with Crippen molar-refractivity contribution in [2.24, 2.45) is 0 Å². The van der Waals surface area contributed by atoms with E-state index in [-0.39, 0.29) is 11.2 Å². The molecule has 2 N–H and O–H groups in total. The Balaban J connectivity index is 2.02. The average molecular weight is 322 g/mol. The number of carboxylic acid groups (broad SMARTS) is 1. The summed E-state index contributed by atoms with van der Waals surface area (Å²) < 4.78 is 0. The van der Waals surface area contributed by atoms with Gasteiger partial charge in [-0.15, -0.1) is 0 Å². The Bertz CT molecular complexity index is 836. The van der Waals surface area contributed by atoms with Gasteiger partial charge >= 0.3 is 5.97 Å². The van der Waals surface area contributed by atoms with Crippen LogP contribution in [-0.2, 0) is 10.2 Å². The summed E-state index contributed by atoms with van der Waals surface area (Å²) in [5, 5.41) is 9.24. The molecular formula is C20H20NO3+. The lowest BCUT2D eigenvalue weighted by atomic mass is 9.83. The van der Waals surface area contributed by atoms with E-state index in [1.54, 1.807) is 36.4 Å². The van der Waals surface area contributed by atoms with Gasteiger partial charge in [0.25, 0.3) is 0 Å². The molecule has 1 atom stereocenters. The first-order valence-corrected chi connectivity index (χ1v) is 7.85. The van der Waals surface area contributed by atoms with Gasteiger partial charge in [0.15, 0.2) is 5.78 Å². The van der Waals surface area contributed by atoms with E-state index in [1.807, 2.05) is 12.1 Å². The second-order valence-corrected chi connectivity index (χ2v) is 6.63. The molecule has 0 bridgehead atoms. The van der Waals surface area contributed by atoms with E-state index in [2.05, 4.69) is 27.0 Å². The SMILES string of the molecule is C[NH+]1C(=CC=C2C=CC(=O)C=C2)C(C)(C)c2cc(C(=O)O)ccc21. The normalized spacial score (nSPS) is 22.8. The van der Waals surface area contributed by atoms with Crippen LogP contribution < -0.4 is 4.90 Å². The fourth-order valence-electron chi connectivity index (χ4n) is 3.37. The van der Waals surface area contributed by atoms with Gasteiger partial charge in [-0.3, -0.25) is 9.69 Å². The van der Waals surface area contributed by atoms with Gasteiger partial charge in [-0.1, -0.05) is 12.2 Å². The van der Waals surface area contributed by atoms with Crippen LogP contribution in [0.4, 0.5) is 5.69 Å². The average Bonchev–Trinajstić information content (AvgIpc) is 2.73. The number of hydrogen-bond acceptors (Lipinski definition) is 2. The highest BCUT2D eigenvalue weighted by Gasteiger charge is 2.43. The third-order valence-electron chi connectivity index (χ3n) is 4.74. The highest BCUT2D eigenvalue weighted by Crippen LogP contribution is 2.38. The molecular weight excluding hydrogens is 302 g/mol. The van der Waals surface area contributed by atoms with Gasteiger partial charge in [-0.25, -0.2) is 4.79 Å². The molecule has 1 unspecified atom stereocenters. The van der Waals surface area contributed by atoms with Crippen molar-refractivity contribution in [1.82, 2.24) is 0 Å². The van der Waals surface area contributed by atoms with Crippen LogP contribution in [0.2, 0.25) is 0 Å². The van der Waals surface area contributed by atoms with E-state index < -0.39 is 5.97 Å². The highest BCUT2D eigenvalue weighted by molar-refractivity contribution is 6.01. The van der Waals surface area contributed by atoms with Gasteiger partial charge in [0, 0.05) is 11.6 Å². The monoisotopic (exact) mass is 322 g/mol. The Morgan fingerprint density at radius 2 is 1.79 bits per heavy atom. The Labute approximate surface area is 141 Å². The standard InChI is InChI=1S/C20H19NO3/c1-20(2)16-12-14(19(23)24)7-10-17(16)21(3)18(20)11-6-13-4-8-15(22)9-5-13/h4-12H,1-3H3,(H,23,24)/p+1.